The summed E-state index contributed by atoms with van der Waals surface area (Å²) in [6.45, 7) is 3.32. The van der Waals surface area contributed by atoms with E-state index in [1.54, 1.807) is 4.90 Å². The molecule has 3 amide bonds. The van der Waals surface area contributed by atoms with Gasteiger partial charge in [-0.2, -0.15) is 0 Å². The number of rotatable bonds is 12. The highest BCUT2D eigenvalue weighted by molar-refractivity contribution is 8.00. The van der Waals surface area contributed by atoms with Gasteiger partial charge in [0.2, 0.25) is 0 Å². The number of nitrogens with one attached hydrogen (secondary N) is 3. The number of nitrogens with two attached hydrogens (primary N) is 1. The number of nitrogens with zero attached hydrogens (tertiary/aromatic N) is 7. The molecule has 2 bridgehead atoms. The SMILES string of the molecule is Nc1nc(/C(=N/OC[C@H](NC(=O)c2ccc(O)c(O)c2Cl)C(=O)O)C(=O)N[C@@H]2C(=O)N3C(c4nnn[nH]4)=C(C[N+]45CCC(CC4)CC5)CS[C@H]23)cs1. The number of aliphatic carboxylic acids is 1. The third-order valence-electron chi connectivity index (χ3n) is 9.78. The minimum Gasteiger partial charge on any atom is -0.504 e. The number of fused-ring (bicyclic) bond motifs is 4. The number of aromatic amines is 1. The number of H-pyrrole nitrogens is 1. The number of amides is 3. The van der Waals surface area contributed by atoms with Crippen LogP contribution in [0.4, 0.5) is 5.13 Å². The second-order valence-electron chi connectivity index (χ2n) is 12.9. The molecular formula is C30H33ClN11O8S2+. The van der Waals surface area contributed by atoms with E-state index in [-0.39, 0.29) is 28.0 Å². The Bertz CT molecular complexity index is 1970. The number of carbonyl (C=O) groups excluding carboxylic acids is 3. The lowest BCUT2D eigenvalue weighted by molar-refractivity contribution is -0.938. The lowest BCUT2D eigenvalue weighted by atomic mass is 9.85. The van der Waals surface area contributed by atoms with E-state index in [0.717, 1.165) is 65.6 Å². The van der Waals surface area contributed by atoms with Crippen LogP contribution < -0.4 is 16.4 Å². The van der Waals surface area contributed by atoms with E-state index in [1.807, 2.05) is 0 Å². The van der Waals surface area contributed by atoms with Gasteiger partial charge in [-0.1, -0.05) is 16.8 Å². The summed E-state index contributed by atoms with van der Waals surface area (Å²) < 4.78 is 0.974. The number of nitrogen functional groups attached to an aromatic ring is 1. The van der Waals surface area contributed by atoms with E-state index < -0.39 is 58.4 Å². The molecule has 1 aromatic carbocycles. The van der Waals surface area contributed by atoms with Gasteiger partial charge in [0.1, 0.15) is 30.3 Å². The number of hydrogen-bond donors (Lipinski definition) is 7. The molecule has 22 heteroatoms. The maximum Gasteiger partial charge on any atom is 0.329 e. The molecule has 7 heterocycles. The fourth-order valence-electron chi connectivity index (χ4n) is 7.00. The summed E-state index contributed by atoms with van der Waals surface area (Å²) in [5.41, 5.74) is 6.81. The third kappa shape index (κ3) is 6.71. The molecule has 0 spiro atoms. The van der Waals surface area contributed by atoms with E-state index in [0.29, 0.717) is 17.3 Å². The van der Waals surface area contributed by atoms with Gasteiger partial charge < -0.3 is 41.0 Å². The van der Waals surface area contributed by atoms with Crippen molar-refractivity contribution in [3.8, 4) is 11.5 Å². The van der Waals surface area contributed by atoms with Gasteiger partial charge in [-0.05, 0) is 47.7 Å². The number of thiazole rings is 1. The van der Waals surface area contributed by atoms with Crippen molar-refractivity contribution in [3.05, 3.63) is 45.2 Å². The average molecular weight is 775 g/mol. The average Bonchev–Trinajstić information content (AvgIpc) is 3.83. The maximum atomic E-state index is 13.8. The molecule has 8 N–H and O–H groups in total. The van der Waals surface area contributed by atoms with Gasteiger partial charge in [0.25, 0.3) is 17.7 Å². The summed E-state index contributed by atoms with van der Waals surface area (Å²) in [6, 6.07) is -0.549. The van der Waals surface area contributed by atoms with Gasteiger partial charge in [0.05, 0.1) is 35.9 Å². The zero-order chi connectivity index (χ0) is 36.7. The second kappa shape index (κ2) is 14.2. The van der Waals surface area contributed by atoms with Gasteiger partial charge in [-0.3, -0.25) is 19.3 Å². The monoisotopic (exact) mass is 774 g/mol. The number of carbonyl (C=O) groups is 4. The number of aromatic nitrogens is 5. The van der Waals surface area contributed by atoms with Crippen LogP contribution in [-0.4, -0.2) is 136 Å². The van der Waals surface area contributed by atoms with Crippen LogP contribution in [0.1, 0.15) is 41.1 Å². The molecule has 2 aromatic heterocycles. The summed E-state index contributed by atoms with van der Waals surface area (Å²) in [5, 5.41) is 52.9. The maximum absolute atomic E-state index is 13.8. The molecule has 4 saturated heterocycles. The first-order valence-electron chi connectivity index (χ1n) is 16.2. The second-order valence-corrected chi connectivity index (χ2v) is 15.3. The zero-order valence-electron chi connectivity index (χ0n) is 27.2. The van der Waals surface area contributed by atoms with E-state index >= 15 is 0 Å². The molecule has 0 saturated carbocycles. The fraction of sp³-hybridized carbons (Fsp3) is 0.433. The molecular weight excluding hydrogens is 742 g/mol. The van der Waals surface area contributed by atoms with Crippen molar-refractivity contribution in [2.24, 2.45) is 11.1 Å². The quantitative estimate of drug-likeness (QED) is 0.0430. The van der Waals surface area contributed by atoms with Crippen molar-refractivity contribution in [1.82, 2.24) is 41.1 Å². The molecule has 52 heavy (non-hydrogen) atoms. The van der Waals surface area contributed by atoms with Crippen LogP contribution in [0.15, 0.2) is 28.2 Å². The molecule has 0 unspecified atom stereocenters. The molecule has 3 aromatic rings. The van der Waals surface area contributed by atoms with Crippen molar-refractivity contribution in [3.63, 3.8) is 0 Å². The Morgan fingerprint density at radius 1 is 1.21 bits per heavy atom. The highest BCUT2D eigenvalue weighted by atomic mass is 35.5. The summed E-state index contributed by atoms with van der Waals surface area (Å²) in [5.74, 6) is -3.28. The van der Waals surface area contributed by atoms with Crippen molar-refractivity contribution >= 4 is 74.9 Å². The Balaban J connectivity index is 1.06. The van der Waals surface area contributed by atoms with Crippen LogP contribution in [0.5, 0.6) is 11.5 Å². The summed E-state index contributed by atoms with van der Waals surface area (Å²) in [7, 11) is 0. The molecule has 8 rings (SSSR count). The molecule has 274 valence electrons. The Morgan fingerprint density at radius 2 is 1.96 bits per heavy atom. The number of oxime groups is 1. The number of carboxylic acids is 1. The first-order chi connectivity index (χ1) is 24.9. The number of benzene rings is 1. The number of phenols is 2. The number of phenolic OH excluding ortho intramolecular Hbond substituents is 2. The normalized spacial score (nSPS) is 24.6. The fourth-order valence-corrected chi connectivity index (χ4v) is 9.13. The Hall–Kier alpha value is -4.99. The molecule has 0 aliphatic carbocycles. The summed E-state index contributed by atoms with van der Waals surface area (Å²) in [6.07, 6.45) is 3.59. The van der Waals surface area contributed by atoms with Crippen molar-refractivity contribution in [1.29, 1.82) is 0 Å². The zero-order valence-corrected chi connectivity index (χ0v) is 29.6. The first kappa shape index (κ1) is 35.4. The number of β-lactam (4-membered cyclic amide) rings is 1. The van der Waals surface area contributed by atoms with Crippen LogP contribution in [0.2, 0.25) is 5.02 Å². The smallest absolute Gasteiger partial charge is 0.329 e. The van der Waals surface area contributed by atoms with Gasteiger partial charge in [0, 0.05) is 16.7 Å². The van der Waals surface area contributed by atoms with Gasteiger partial charge in [0.15, 0.2) is 34.2 Å². The number of piperidine rings is 3. The Labute approximate surface area is 307 Å². The van der Waals surface area contributed by atoms with E-state index in [4.69, 9.17) is 22.2 Å². The number of quaternary nitrogens is 1. The Kier molecular flexibility index (Phi) is 9.67. The number of thioether (sulfide) groups is 1. The van der Waals surface area contributed by atoms with Gasteiger partial charge in [-0.25, -0.2) is 14.9 Å². The molecule has 5 aliphatic heterocycles. The van der Waals surface area contributed by atoms with E-state index in [9.17, 15) is 34.5 Å². The number of hydrogen-bond acceptors (Lipinski definition) is 15. The first-order valence-corrected chi connectivity index (χ1v) is 18.5. The number of carboxylic acid groups (broad SMARTS) is 1. The van der Waals surface area contributed by atoms with Gasteiger partial charge >= 0.3 is 5.97 Å². The highest BCUT2D eigenvalue weighted by Crippen LogP contribution is 2.45. The van der Waals surface area contributed by atoms with Gasteiger partial charge in [-0.15, -0.1) is 28.2 Å². The van der Waals surface area contributed by atoms with E-state index in [2.05, 4.69) is 41.4 Å². The van der Waals surface area contributed by atoms with Crippen LogP contribution in [0.25, 0.3) is 5.70 Å². The largest absolute Gasteiger partial charge is 0.504 e. The Morgan fingerprint density at radius 3 is 2.62 bits per heavy atom. The lowest BCUT2D eigenvalue weighted by Gasteiger charge is -2.53. The molecule has 0 radical (unpaired) electrons. The number of anilines is 1. The minimum atomic E-state index is -1.69. The molecule has 4 fully saturated rings. The number of halogens is 1. The summed E-state index contributed by atoms with van der Waals surface area (Å²) >= 11 is 8.48. The molecule has 5 aliphatic rings. The lowest BCUT2D eigenvalue weighted by Crippen LogP contribution is -2.70. The van der Waals surface area contributed by atoms with Crippen molar-refractivity contribution in [2.45, 2.75) is 36.7 Å². The topological polar surface area (TPSA) is 271 Å². The predicted octanol–water partition coefficient (Wildman–Crippen LogP) is 0.349. The standard InChI is InChI=1S/C30H32ClN11O8S2/c31-19-15(1-2-18(43)23(19)44)25(45)33-16(29(48)49)10-50-38-20(17-12-52-30(32)34-17)26(46)35-21-27(47)41-22(24-36-39-40-37-24)14(11-51-28(21)41)9-42-6-3-13(4-7-42)5-8-42/h1-2,12-13,16,21,28H,3-11H2,(H7-,32,33,34,35,36,37,38,39,40,43,44,45,46,48,49)/p+1/t13?,16-,21+,28+,42?/m0/s1. The van der Waals surface area contributed by atoms with Crippen LogP contribution in [-0.2, 0) is 19.2 Å². The third-order valence-corrected chi connectivity index (χ3v) is 12.2. The number of tetrazole rings is 1. The van der Waals surface area contributed by atoms with Crippen LogP contribution >= 0.6 is 34.7 Å². The van der Waals surface area contributed by atoms with E-state index in [1.165, 1.54) is 36.4 Å². The van der Waals surface area contributed by atoms with Crippen LogP contribution in [0.3, 0.4) is 0 Å². The van der Waals surface area contributed by atoms with Crippen LogP contribution in [0, 0.1) is 5.92 Å². The molecule has 19 nitrogen and oxygen atoms in total. The minimum absolute atomic E-state index is 0.0111. The van der Waals surface area contributed by atoms with Crippen molar-refractivity contribution in [2.75, 3.05) is 44.3 Å². The highest BCUT2D eigenvalue weighted by Gasteiger charge is 2.55. The number of aromatic hydroxyl groups is 2. The predicted molar refractivity (Wildman–Crippen MR) is 186 cm³/mol. The molecule has 3 atom stereocenters. The van der Waals surface area contributed by atoms with Crippen molar-refractivity contribution < 1.29 is 43.8 Å². The summed E-state index contributed by atoms with van der Waals surface area (Å²) in [4.78, 5) is 63.2.